The van der Waals surface area contributed by atoms with Gasteiger partial charge in [0, 0.05) is 13.1 Å². The number of carbonyl (C=O) groups excluding carboxylic acids is 1. The molecule has 1 amide bonds. The third kappa shape index (κ3) is 3.51. The molecular weight excluding hydrogens is 305 g/mol. The first-order valence-electron chi connectivity index (χ1n) is 8.58. The second-order valence-corrected chi connectivity index (χ2v) is 7.51. The van der Waals surface area contributed by atoms with Gasteiger partial charge in [0.05, 0.1) is 30.8 Å². The molecule has 0 saturated carbocycles. The molecule has 130 valence electrons. The lowest BCUT2D eigenvalue weighted by Gasteiger charge is -2.32. The first kappa shape index (κ1) is 17.5. The summed E-state index contributed by atoms with van der Waals surface area (Å²) in [4.78, 5) is 13.9. The third-order valence-electron chi connectivity index (χ3n) is 5.20. The molecule has 6 heteroatoms. The van der Waals surface area contributed by atoms with Crippen LogP contribution in [-0.2, 0) is 25.4 Å². The highest BCUT2D eigenvalue weighted by Gasteiger charge is 2.51. The number of ether oxygens (including phenoxy) is 1. The number of carbonyl (C=O) groups is 1. The van der Waals surface area contributed by atoms with Crippen molar-refractivity contribution in [3.8, 4) is 0 Å². The van der Waals surface area contributed by atoms with Gasteiger partial charge in [-0.25, -0.2) is 0 Å². The van der Waals surface area contributed by atoms with Crippen LogP contribution < -0.4 is 5.46 Å². The predicted molar refractivity (Wildman–Crippen MR) is 93.0 cm³/mol. The molecule has 0 unspecified atom stereocenters. The molecule has 0 spiro atoms. The van der Waals surface area contributed by atoms with Gasteiger partial charge in [-0.1, -0.05) is 24.3 Å². The molecule has 5 nitrogen and oxygen atoms in total. The average molecular weight is 331 g/mol. The minimum atomic E-state index is -0.350. The highest BCUT2D eigenvalue weighted by molar-refractivity contribution is 6.62. The Balaban J connectivity index is 1.67. The lowest BCUT2D eigenvalue weighted by atomic mass is 9.79. The van der Waals surface area contributed by atoms with Crippen molar-refractivity contribution in [2.75, 3.05) is 19.8 Å². The van der Waals surface area contributed by atoms with Crippen LogP contribution in [0.3, 0.4) is 0 Å². The number of benzene rings is 1. The van der Waals surface area contributed by atoms with Crippen LogP contribution in [0.2, 0.25) is 0 Å². The van der Waals surface area contributed by atoms with E-state index in [0.717, 1.165) is 11.0 Å². The molecule has 3 rings (SSSR count). The predicted octanol–water partition coefficient (Wildman–Crippen LogP) is 1.73. The molecule has 1 aromatic carbocycles. The second kappa shape index (κ2) is 6.50. The summed E-state index contributed by atoms with van der Waals surface area (Å²) in [6.45, 7) is 10.6. The summed E-state index contributed by atoms with van der Waals surface area (Å²) < 4.78 is 17.5. The molecule has 24 heavy (non-hydrogen) atoms. The molecule has 0 aromatic heterocycles. The summed E-state index contributed by atoms with van der Waals surface area (Å²) in [6, 6.07) is 8.13. The van der Waals surface area contributed by atoms with E-state index in [2.05, 4.69) is 0 Å². The van der Waals surface area contributed by atoms with E-state index in [1.54, 1.807) is 0 Å². The molecule has 2 fully saturated rings. The van der Waals surface area contributed by atoms with Gasteiger partial charge in [-0.2, -0.15) is 0 Å². The maximum Gasteiger partial charge on any atom is 0.494 e. The van der Waals surface area contributed by atoms with Crippen molar-refractivity contribution in [1.82, 2.24) is 4.90 Å². The summed E-state index contributed by atoms with van der Waals surface area (Å²) in [5.74, 6) is 0.155. The summed E-state index contributed by atoms with van der Waals surface area (Å²) in [7, 11) is -0.350. The Morgan fingerprint density at radius 1 is 1.04 bits per heavy atom. The molecule has 2 aliphatic heterocycles. The Labute approximate surface area is 144 Å². The molecule has 0 radical (unpaired) electrons. The van der Waals surface area contributed by atoms with Gasteiger partial charge < -0.3 is 18.9 Å². The van der Waals surface area contributed by atoms with Crippen LogP contribution in [0.15, 0.2) is 24.3 Å². The average Bonchev–Trinajstić information content (AvgIpc) is 2.65. The zero-order valence-electron chi connectivity index (χ0n) is 15.0. The normalized spacial score (nSPS) is 23.4. The highest BCUT2D eigenvalue weighted by Crippen LogP contribution is 2.36. The van der Waals surface area contributed by atoms with Gasteiger partial charge >= 0.3 is 7.12 Å². The highest BCUT2D eigenvalue weighted by atomic mass is 16.7. The van der Waals surface area contributed by atoms with Crippen molar-refractivity contribution in [2.45, 2.75) is 51.9 Å². The van der Waals surface area contributed by atoms with Crippen LogP contribution in [0, 0.1) is 0 Å². The van der Waals surface area contributed by atoms with Gasteiger partial charge in [-0.05, 0) is 38.7 Å². The van der Waals surface area contributed by atoms with Crippen LogP contribution in [0.1, 0.15) is 39.7 Å². The number of hydrogen-bond acceptors (Lipinski definition) is 4. The Hall–Kier alpha value is -1.37. The van der Waals surface area contributed by atoms with E-state index in [1.165, 1.54) is 0 Å². The molecule has 0 aliphatic carbocycles. The van der Waals surface area contributed by atoms with Crippen LogP contribution in [-0.4, -0.2) is 48.9 Å². The maximum absolute atomic E-state index is 12.0. The summed E-state index contributed by atoms with van der Waals surface area (Å²) >= 11 is 0. The molecule has 2 heterocycles. The number of amides is 1. The Morgan fingerprint density at radius 2 is 1.67 bits per heavy atom. The van der Waals surface area contributed by atoms with E-state index < -0.39 is 0 Å². The van der Waals surface area contributed by atoms with Gasteiger partial charge in [0.15, 0.2) is 0 Å². The summed E-state index contributed by atoms with van der Waals surface area (Å²) in [6.07, 6.45) is 0.464. The van der Waals surface area contributed by atoms with Crippen LogP contribution >= 0.6 is 0 Å². The second-order valence-electron chi connectivity index (χ2n) is 7.51. The minimum Gasteiger partial charge on any atom is -0.399 e. The van der Waals surface area contributed by atoms with Crippen molar-refractivity contribution in [1.29, 1.82) is 0 Å². The zero-order valence-corrected chi connectivity index (χ0v) is 15.0. The van der Waals surface area contributed by atoms with E-state index in [9.17, 15) is 4.79 Å². The largest absolute Gasteiger partial charge is 0.494 e. The number of nitrogens with zero attached hydrogens (tertiary/aromatic N) is 1. The Morgan fingerprint density at radius 3 is 2.29 bits per heavy atom. The van der Waals surface area contributed by atoms with E-state index in [-0.39, 0.29) is 24.2 Å². The molecule has 0 bridgehead atoms. The van der Waals surface area contributed by atoms with Crippen molar-refractivity contribution in [2.24, 2.45) is 0 Å². The fourth-order valence-electron chi connectivity index (χ4n) is 2.87. The zero-order chi connectivity index (χ0) is 17.4. The molecule has 1 aromatic rings. The topological polar surface area (TPSA) is 48.0 Å². The lowest BCUT2D eigenvalue weighted by molar-refractivity contribution is -0.131. The number of rotatable bonds is 3. The van der Waals surface area contributed by atoms with Gasteiger partial charge in [-0.3, -0.25) is 4.79 Å². The van der Waals surface area contributed by atoms with Crippen LogP contribution in [0.5, 0.6) is 0 Å². The van der Waals surface area contributed by atoms with Gasteiger partial charge in [-0.15, -0.1) is 0 Å². The summed E-state index contributed by atoms with van der Waals surface area (Å²) in [5.41, 5.74) is 1.43. The maximum atomic E-state index is 12.0. The van der Waals surface area contributed by atoms with Crippen LogP contribution in [0.4, 0.5) is 0 Å². The van der Waals surface area contributed by atoms with Crippen molar-refractivity contribution in [3.05, 3.63) is 29.8 Å². The fourth-order valence-corrected chi connectivity index (χ4v) is 2.87. The smallest absolute Gasteiger partial charge is 0.399 e. The van der Waals surface area contributed by atoms with Crippen LogP contribution in [0.25, 0.3) is 0 Å². The Kier molecular flexibility index (Phi) is 4.73. The van der Waals surface area contributed by atoms with E-state index in [4.69, 9.17) is 14.0 Å². The third-order valence-corrected chi connectivity index (χ3v) is 5.20. The number of hydrogen-bond donors (Lipinski definition) is 0. The standard InChI is InChI=1S/C18H26BNO4/c1-17(2)18(3,4)24-19(23-17)15-7-5-14(6-8-15)13-20-10-12-22-11-9-16(20)21/h5-8H,9-13H2,1-4H3. The van der Waals surface area contributed by atoms with Gasteiger partial charge in [0.2, 0.25) is 5.91 Å². The molecule has 2 saturated heterocycles. The Bertz CT molecular complexity index is 584. The summed E-state index contributed by atoms with van der Waals surface area (Å²) in [5, 5.41) is 0. The monoisotopic (exact) mass is 331 g/mol. The van der Waals surface area contributed by atoms with E-state index >= 15 is 0 Å². The van der Waals surface area contributed by atoms with Gasteiger partial charge in [0.25, 0.3) is 0 Å². The van der Waals surface area contributed by atoms with E-state index in [0.29, 0.717) is 32.7 Å². The van der Waals surface area contributed by atoms with Crippen molar-refractivity contribution in [3.63, 3.8) is 0 Å². The quantitative estimate of drug-likeness (QED) is 0.792. The van der Waals surface area contributed by atoms with Crippen molar-refractivity contribution < 1.29 is 18.8 Å². The van der Waals surface area contributed by atoms with Gasteiger partial charge in [0.1, 0.15) is 0 Å². The lowest BCUT2D eigenvalue weighted by Crippen LogP contribution is -2.41. The fraction of sp³-hybridized carbons (Fsp3) is 0.611. The SMILES string of the molecule is CC1(C)OB(c2ccc(CN3CCOCCC3=O)cc2)OC1(C)C. The first-order valence-corrected chi connectivity index (χ1v) is 8.58. The molecular formula is C18H26BNO4. The van der Waals surface area contributed by atoms with E-state index in [1.807, 2.05) is 56.9 Å². The first-order chi connectivity index (χ1) is 11.3. The molecule has 0 atom stereocenters. The molecule has 2 aliphatic rings. The molecule has 0 N–H and O–H groups in total. The van der Waals surface area contributed by atoms with Crippen molar-refractivity contribution >= 4 is 18.5 Å². The minimum absolute atomic E-state index is 0.155.